The van der Waals surface area contributed by atoms with Gasteiger partial charge in [0.05, 0.1) is 11.5 Å². The second-order valence-corrected chi connectivity index (χ2v) is 13.7. The van der Waals surface area contributed by atoms with Crippen LogP contribution in [0, 0.1) is 12.8 Å². The second kappa shape index (κ2) is 16.3. The lowest BCUT2D eigenvalue weighted by Crippen LogP contribution is -2.36. The first-order valence-corrected chi connectivity index (χ1v) is 17.0. The van der Waals surface area contributed by atoms with Crippen LogP contribution in [0.4, 0.5) is 0 Å². The molecule has 5 rings (SSSR count). The van der Waals surface area contributed by atoms with Gasteiger partial charge in [0.15, 0.2) is 0 Å². The molecule has 1 aliphatic heterocycles. The van der Waals surface area contributed by atoms with E-state index < -0.39 is 10.0 Å². The minimum Gasteiger partial charge on any atom is -0.456 e. The summed E-state index contributed by atoms with van der Waals surface area (Å²) in [5.41, 5.74) is 2.17. The number of halogens is 1. The molecule has 1 heterocycles. The normalized spacial score (nSPS) is 18.8. The van der Waals surface area contributed by atoms with Gasteiger partial charge in [-0.25, -0.2) is 8.42 Å². The van der Waals surface area contributed by atoms with Crippen molar-refractivity contribution >= 4 is 55.8 Å². The second-order valence-electron chi connectivity index (χ2n) is 10.5. The molecular formula is C33H36ClNO5S3. The van der Waals surface area contributed by atoms with Gasteiger partial charge < -0.3 is 14.2 Å². The minimum absolute atomic E-state index is 0.0196. The van der Waals surface area contributed by atoms with Crippen molar-refractivity contribution in [3.63, 3.8) is 0 Å². The fourth-order valence-electron chi connectivity index (χ4n) is 5.12. The van der Waals surface area contributed by atoms with Crippen LogP contribution in [0.2, 0.25) is 0 Å². The van der Waals surface area contributed by atoms with Gasteiger partial charge in [0.25, 0.3) is 4.51 Å². The number of para-hydroxylation sites is 2. The molecule has 10 heteroatoms. The van der Waals surface area contributed by atoms with E-state index in [4.69, 9.17) is 38.0 Å². The Morgan fingerprint density at radius 2 is 1.42 bits per heavy atom. The largest absolute Gasteiger partial charge is 0.456 e. The number of nitrogens with zero attached hydrogens (tertiary/aromatic N) is 1. The number of thiocarbonyl (C=S) groups is 2. The molecule has 2 bridgehead atoms. The molecule has 0 amide bonds. The Balaban J connectivity index is 0.000000359. The topological polar surface area (TPSA) is 65.1 Å². The summed E-state index contributed by atoms with van der Waals surface area (Å²) in [6, 6.07) is 25.5. The lowest BCUT2D eigenvalue weighted by Gasteiger charge is -2.24. The van der Waals surface area contributed by atoms with Gasteiger partial charge in [-0.3, -0.25) is 0 Å². The quantitative estimate of drug-likeness (QED) is 0.150. The van der Waals surface area contributed by atoms with Crippen LogP contribution in [0.5, 0.6) is 11.5 Å². The van der Waals surface area contributed by atoms with E-state index in [1.54, 1.807) is 28.6 Å². The van der Waals surface area contributed by atoms with E-state index in [1.807, 2.05) is 67.6 Å². The predicted octanol–water partition coefficient (Wildman–Crippen LogP) is 8.23. The molecule has 3 aromatic rings. The summed E-state index contributed by atoms with van der Waals surface area (Å²) in [5, 5.41) is 0.0950. The predicted molar refractivity (Wildman–Crippen MR) is 179 cm³/mol. The van der Waals surface area contributed by atoms with E-state index in [9.17, 15) is 8.42 Å². The monoisotopic (exact) mass is 657 g/mol. The molecule has 0 aromatic heterocycles. The van der Waals surface area contributed by atoms with Crippen molar-refractivity contribution < 1.29 is 22.6 Å². The average molecular weight is 658 g/mol. The maximum Gasteiger partial charge on any atom is 0.357 e. The molecule has 2 atom stereocenters. The summed E-state index contributed by atoms with van der Waals surface area (Å²) in [6.45, 7) is 2.75. The molecule has 0 saturated heterocycles. The molecule has 0 radical (unpaired) electrons. The highest BCUT2D eigenvalue weighted by atomic mass is 35.5. The molecule has 0 fully saturated rings. The Kier molecular flexibility index (Phi) is 12.5. The number of aryl methyl sites for hydroxylation is 1. The van der Waals surface area contributed by atoms with Gasteiger partial charge in [-0.05, 0) is 80.0 Å². The zero-order valence-electron chi connectivity index (χ0n) is 24.1. The van der Waals surface area contributed by atoms with Gasteiger partial charge in [-0.2, -0.15) is 4.31 Å². The number of sulfonamides is 1. The van der Waals surface area contributed by atoms with Gasteiger partial charge in [-0.15, -0.1) is 0 Å². The highest BCUT2D eigenvalue weighted by molar-refractivity contribution is 7.89. The van der Waals surface area contributed by atoms with Crippen LogP contribution in [-0.4, -0.2) is 41.7 Å². The molecule has 2 unspecified atom stereocenters. The van der Waals surface area contributed by atoms with Gasteiger partial charge in [0, 0.05) is 30.7 Å². The Morgan fingerprint density at radius 1 is 0.837 bits per heavy atom. The van der Waals surface area contributed by atoms with E-state index in [0.29, 0.717) is 29.5 Å². The van der Waals surface area contributed by atoms with Gasteiger partial charge in [0.1, 0.15) is 11.5 Å². The van der Waals surface area contributed by atoms with Crippen LogP contribution >= 0.6 is 36.0 Å². The summed E-state index contributed by atoms with van der Waals surface area (Å²) in [7, 11) is -3.57. The fraction of sp³-hybridized carbons (Fsp3) is 0.333. The van der Waals surface area contributed by atoms with Crippen LogP contribution < -0.4 is 9.47 Å². The molecule has 228 valence electrons. The molecule has 6 nitrogen and oxygen atoms in total. The Morgan fingerprint density at radius 3 is 2.02 bits per heavy atom. The lowest BCUT2D eigenvalue weighted by atomic mass is 9.92. The number of ether oxygens (including phenoxy) is 3. The third kappa shape index (κ3) is 10.1. The van der Waals surface area contributed by atoms with Crippen molar-refractivity contribution in [2.24, 2.45) is 5.92 Å². The molecule has 0 spiro atoms. The van der Waals surface area contributed by atoms with Crippen LogP contribution in [0.25, 0.3) is 0 Å². The summed E-state index contributed by atoms with van der Waals surface area (Å²) in [6.07, 6.45) is 8.33. The molecule has 1 aliphatic carbocycles. The zero-order valence-corrected chi connectivity index (χ0v) is 27.3. The Bertz CT molecular complexity index is 1480. The molecule has 3 aromatic carbocycles. The number of hydrogen-bond donors (Lipinski definition) is 0. The summed E-state index contributed by atoms with van der Waals surface area (Å²) < 4.78 is 45.0. The third-order valence-corrected chi connectivity index (χ3v) is 9.60. The number of rotatable bonds is 6. The highest BCUT2D eigenvalue weighted by Gasteiger charge is 2.37. The van der Waals surface area contributed by atoms with Crippen molar-refractivity contribution in [3.05, 3.63) is 102 Å². The van der Waals surface area contributed by atoms with Crippen molar-refractivity contribution in [1.82, 2.24) is 4.31 Å². The average Bonchev–Trinajstić information content (AvgIpc) is 3.41. The minimum atomic E-state index is -3.57. The molecule has 2 aliphatic rings. The van der Waals surface area contributed by atoms with E-state index >= 15 is 0 Å². The van der Waals surface area contributed by atoms with E-state index in [0.717, 1.165) is 49.7 Å². The Hall–Kier alpha value is -2.82. The molecule has 43 heavy (non-hydrogen) atoms. The van der Waals surface area contributed by atoms with Gasteiger partial charge in [-0.1, -0.05) is 91.4 Å². The van der Waals surface area contributed by atoms with Gasteiger partial charge >= 0.3 is 5.24 Å². The number of hydrogen-bond acceptors (Lipinski definition) is 7. The maximum atomic E-state index is 13.5. The maximum absolute atomic E-state index is 13.5. The standard InChI is InChI=1S/C26H31NO4S2.C7H5ClOS/c1-20-13-15-25(16-14-20)33(28,29)27-18-22-17-23(27)10-6-3-2-5-9-21(22)19-30-26(32)31-24-11-7-4-8-12-24;8-7(10)9-6-4-2-1-3-5-6/h4,7-8,11-17,21,23H,2-3,5-6,9-10,18-19H2,1H3;1-5H. The first kappa shape index (κ1) is 33.1. The van der Waals surface area contributed by atoms with Crippen molar-refractivity contribution in [2.45, 2.75) is 56.4 Å². The van der Waals surface area contributed by atoms with E-state index in [1.165, 1.54) is 0 Å². The van der Waals surface area contributed by atoms with Crippen LogP contribution in [0.1, 0.15) is 44.1 Å². The summed E-state index contributed by atoms with van der Waals surface area (Å²) in [5.74, 6) is 1.42. The van der Waals surface area contributed by atoms with Crippen molar-refractivity contribution in [2.75, 3.05) is 13.2 Å². The van der Waals surface area contributed by atoms with Gasteiger partial charge in [0.2, 0.25) is 10.0 Å². The first-order chi connectivity index (χ1) is 20.7. The molecular weight excluding hydrogens is 622 g/mol. The Labute approximate surface area is 270 Å². The highest BCUT2D eigenvalue weighted by Crippen LogP contribution is 2.34. The fourth-order valence-corrected chi connectivity index (χ4v) is 7.06. The SMILES string of the molecule is Cc1ccc(S(=O)(=O)N2CC3=CC2CCCCCCC3COC(=S)Oc2ccccc2)cc1.S=C(Cl)Oc1ccccc1. The van der Waals surface area contributed by atoms with E-state index in [-0.39, 0.29) is 21.7 Å². The molecule has 0 saturated carbocycles. The van der Waals surface area contributed by atoms with Crippen LogP contribution in [-0.2, 0) is 14.8 Å². The lowest BCUT2D eigenvalue weighted by molar-refractivity contribution is 0.206. The zero-order chi connectivity index (χ0) is 30.7. The number of fused-ring (bicyclic) bond motifs is 1. The third-order valence-electron chi connectivity index (χ3n) is 7.36. The first-order valence-electron chi connectivity index (χ1n) is 14.3. The van der Waals surface area contributed by atoms with Crippen LogP contribution in [0.3, 0.4) is 0 Å². The molecule has 0 N–H and O–H groups in total. The van der Waals surface area contributed by atoms with Crippen molar-refractivity contribution in [1.29, 1.82) is 0 Å². The summed E-state index contributed by atoms with van der Waals surface area (Å²) in [4.78, 5) is 0.355. The van der Waals surface area contributed by atoms with E-state index in [2.05, 4.69) is 18.3 Å². The van der Waals surface area contributed by atoms with Crippen molar-refractivity contribution in [3.8, 4) is 11.5 Å². The van der Waals surface area contributed by atoms with Crippen LogP contribution in [0.15, 0.2) is 101 Å². The number of benzene rings is 3. The smallest absolute Gasteiger partial charge is 0.357 e. The summed E-state index contributed by atoms with van der Waals surface area (Å²) >= 11 is 15.1.